The monoisotopic (exact) mass is 396 g/mol. The highest BCUT2D eigenvalue weighted by Gasteiger charge is 2.26. The van der Waals surface area contributed by atoms with E-state index in [1.807, 2.05) is 0 Å². The van der Waals surface area contributed by atoms with Gasteiger partial charge in [-0.2, -0.15) is 4.31 Å². The predicted octanol–water partition coefficient (Wildman–Crippen LogP) is 4.17. The zero-order chi connectivity index (χ0) is 19.7. The second-order valence-electron chi connectivity index (χ2n) is 7.04. The summed E-state index contributed by atoms with van der Waals surface area (Å²) in [7, 11) is -2.04. The van der Waals surface area contributed by atoms with Crippen molar-refractivity contribution in [3.8, 4) is 5.75 Å². The average Bonchev–Trinajstić information content (AvgIpc) is 2.68. The number of carbonyl (C=O) groups excluding carboxylic acids is 1. The highest BCUT2D eigenvalue weighted by molar-refractivity contribution is 7.89. The lowest BCUT2D eigenvalue weighted by Crippen LogP contribution is -2.35. The van der Waals surface area contributed by atoms with Crippen molar-refractivity contribution < 1.29 is 17.9 Å². The summed E-state index contributed by atoms with van der Waals surface area (Å²) < 4.78 is 32.6. The Morgan fingerprint density at radius 1 is 1.11 bits per heavy atom. The van der Waals surface area contributed by atoms with E-state index in [9.17, 15) is 13.2 Å². The van der Waals surface area contributed by atoms with Crippen LogP contribution in [0.4, 0.5) is 5.69 Å². The number of ether oxygens (including phenoxy) is 1. The van der Waals surface area contributed by atoms with Crippen molar-refractivity contribution in [1.29, 1.82) is 0 Å². The van der Waals surface area contributed by atoms with E-state index in [1.165, 1.54) is 30.3 Å². The summed E-state index contributed by atoms with van der Waals surface area (Å²) in [6.07, 6.45) is 8.62. The van der Waals surface area contributed by atoms with E-state index in [1.54, 1.807) is 12.1 Å². The Morgan fingerprint density at radius 2 is 1.81 bits per heavy atom. The van der Waals surface area contributed by atoms with Crippen molar-refractivity contribution in [3.63, 3.8) is 0 Å². The van der Waals surface area contributed by atoms with E-state index in [0.717, 1.165) is 38.5 Å². The first-order chi connectivity index (χ1) is 13.0. The fraction of sp³-hybridized carbons (Fsp3) is 0.650. The van der Waals surface area contributed by atoms with Crippen LogP contribution in [0.15, 0.2) is 23.1 Å². The average molecular weight is 397 g/mol. The molecule has 1 aromatic rings. The van der Waals surface area contributed by atoms with E-state index in [4.69, 9.17) is 4.74 Å². The molecule has 0 radical (unpaired) electrons. The molecule has 0 bridgehead atoms. The summed E-state index contributed by atoms with van der Waals surface area (Å²) in [5, 5.41) is 2.82. The third-order valence-corrected chi connectivity index (χ3v) is 6.80. The Bertz CT molecular complexity index is 713. The lowest BCUT2D eigenvalue weighted by Gasteiger charge is -2.26. The number of nitrogens with zero attached hydrogens (tertiary/aromatic N) is 1. The Kier molecular flexibility index (Phi) is 8.57. The van der Waals surface area contributed by atoms with Crippen LogP contribution < -0.4 is 10.1 Å². The molecule has 0 spiro atoms. The molecule has 1 saturated heterocycles. The highest BCUT2D eigenvalue weighted by atomic mass is 32.2. The van der Waals surface area contributed by atoms with Gasteiger partial charge < -0.3 is 10.1 Å². The van der Waals surface area contributed by atoms with Gasteiger partial charge in [-0.1, -0.05) is 39.0 Å². The van der Waals surface area contributed by atoms with E-state index in [-0.39, 0.29) is 10.8 Å². The number of nitrogens with one attached hydrogen (secondary N) is 1. The van der Waals surface area contributed by atoms with Crippen molar-refractivity contribution in [1.82, 2.24) is 4.31 Å². The molecule has 1 aliphatic rings. The number of carbonyl (C=O) groups is 1. The van der Waals surface area contributed by atoms with Crippen molar-refractivity contribution in [2.24, 2.45) is 0 Å². The molecule has 1 N–H and O–H groups in total. The number of sulfonamides is 1. The number of hydrogen-bond donors (Lipinski definition) is 1. The lowest BCUT2D eigenvalue weighted by molar-refractivity contribution is -0.116. The maximum Gasteiger partial charge on any atom is 0.243 e. The molecule has 1 aromatic carbocycles. The van der Waals surface area contributed by atoms with Crippen molar-refractivity contribution >= 4 is 21.6 Å². The van der Waals surface area contributed by atoms with Gasteiger partial charge in [0.15, 0.2) is 0 Å². The molecule has 1 aliphatic heterocycles. The summed E-state index contributed by atoms with van der Waals surface area (Å²) in [5.41, 5.74) is 0.411. The third kappa shape index (κ3) is 6.21. The number of amides is 1. The number of rotatable bonds is 10. The fourth-order valence-electron chi connectivity index (χ4n) is 3.30. The van der Waals surface area contributed by atoms with Gasteiger partial charge in [0.1, 0.15) is 5.75 Å². The van der Waals surface area contributed by atoms with Crippen LogP contribution in [0.3, 0.4) is 0 Å². The van der Waals surface area contributed by atoms with Gasteiger partial charge in [0.25, 0.3) is 0 Å². The number of hydrogen-bond acceptors (Lipinski definition) is 4. The predicted molar refractivity (Wildman–Crippen MR) is 108 cm³/mol. The molecule has 6 nitrogen and oxygen atoms in total. The van der Waals surface area contributed by atoms with Gasteiger partial charge in [-0.3, -0.25) is 4.79 Å². The number of unbranched alkanes of at least 4 members (excludes halogenated alkanes) is 4. The third-order valence-electron chi connectivity index (χ3n) is 4.91. The second-order valence-corrected chi connectivity index (χ2v) is 8.98. The summed E-state index contributed by atoms with van der Waals surface area (Å²) in [6.45, 7) is 3.26. The van der Waals surface area contributed by atoms with Crippen molar-refractivity contribution in [3.05, 3.63) is 18.2 Å². The molecule has 0 aliphatic carbocycles. The summed E-state index contributed by atoms with van der Waals surface area (Å²) >= 11 is 0. The largest absolute Gasteiger partial charge is 0.495 e. The number of anilines is 1. The molecule has 0 saturated carbocycles. The first-order valence-corrected chi connectivity index (χ1v) is 11.4. The maximum absolute atomic E-state index is 12.9. The van der Waals surface area contributed by atoms with E-state index in [2.05, 4.69) is 12.2 Å². The first kappa shape index (κ1) is 21.7. The quantitative estimate of drug-likeness (QED) is 0.602. The molecule has 1 fully saturated rings. The summed E-state index contributed by atoms with van der Waals surface area (Å²) in [5.74, 6) is 0.351. The molecule has 152 valence electrons. The van der Waals surface area contributed by atoms with Gasteiger partial charge in [0.05, 0.1) is 17.7 Å². The molecule has 0 unspecified atom stereocenters. The molecule has 1 heterocycles. The van der Waals surface area contributed by atoms with Gasteiger partial charge in [0, 0.05) is 19.5 Å². The molecule has 2 rings (SSSR count). The molecule has 7 heteroatoms. The molecule has 1 amide bonds. The summed E-state index contributed by atoms with van der Waals surface area (Å²) in [6, 6.07) is 4.66. The van der Waals surface area contributed by atoms with E-state index in [0.29, 0.717) is 30.9 Å². The smallest absolute Gasteiger partial charge is 0.243 e. The number of piperidine rings is 1. The minimum absolute atomic E-state index is 0.114. The molecular weight excluding hydrogens is 364 g/mol. The van der Waals surface area contributed by atoms with Crippen LogP contribution in [-0.2, 0) is 14.8 Å². The summed E-state index contributed by atoms with van der Waals surface area (Å²) in [4.78, 5) is 12.4. The van der Waals surface area contributed by atoms with Crippen molar-refractivity contribution in [2.75, 3.05) is 25.5 Å². The minimum atomic E-state index is -3.55. The number of benzene rings is 1. The molecule has 0 atom stereocenters. The number of methoxy groups -OCH3 is 1. The van der Waals surface area contributed by atoms with E-state index >= 15 is 0 Å². The van der Waals surface area contributed by atoms with Gasteiger partial charge in [-0.25, -0.2) is 8.42 Å². The van der Waals surface area contributed by atoms with Crippen LogP contribution in [0.5, 0.6) is 5.75 Å². The maximum atomic E-state index is 12.9. The van der Waals surface area contributed by atoms with Crippen molar-refractivity contribution in [2.45, 2.75) is 69.6 Å². The van der Waals surface area contributed by atoms with E-state index < -0.39 is 10.0 Å². The Balaban J connectivity index is 2.07. The lowest BCUT2D eigenvalue weighted by atomic mass is 10.1. The molecular formula is C20H32N2O4S. The van der Waals surface area contributed by atoms with Crippen LogP contribution in [0.25, 0.3) is 0 Å². The van der Waals surface area contributed by atoms with Gasteiger partial charge in [0.2, 0.25) is 15.9 Å². The Labute approximate surface area is 163 Å². The fourth-order valence-corrected chi connectivity index (χ4v) is 4.85. The van der Waals surface area contributed by atoms with Gasteiger partial charge in [-0.05, 0) is 37.5 Å². The topological polar surface area (TPSA) is 75.7 Å². The highest BCUT2D eigenvalue weighted by Crippen LogP contribution is 2.30. The van der Waals surface area contributed by atoms with Crippen LogP contribution in [0.2, 0.25) is 0 Å². The van der Waals surface area contributed by atoms with Crippen LogP contribution >= 0.6 is 0 Å². The normalized spacial score (nSPS) is 15.5. The van der Waals surface area contributed by atoms with Gasteiger partial charge >= 0.3 is 0 Å². The first-order valence-electron chi connectivity index (χ1n) is 9.97. The molecule has 27 heavy (non-hydrogen) atoms. The SMILES string of the molecule is CCCCCCCC(=O)Nc1cc(S(=O)(=O)N2CCCCC2)ccc1OC. The van der Waals surface area contributed by atoms with Gasteiger partial charge in [-0.15, -0.1) is 0 Å². The zero-order valence-electron chi connectivity index (χ0n) is 16.5. The molecule has 0 aromatic heterocycles. The van der Waals surface area contributed by atoms with Crippen LogP contribution in [-0.4, -0.2) is 38.8 Å². The Morgan fingerprint density at radius 3 is 2.48 bits per heavy atom. The minimum Gasteiger partial charge on any atom is -0.495 e. The zero-order valence-corrected chi connectivity index (χ0v) is 17.3. The van der Waals surface area contributed by atoms with Crippen LogP contribution in [0.1, 0.15) is 64.7 Å². The standard InChI is InChI=1S/C20H32N2O4S/c1-3-4-5-6-8-11-20(23)21-18-16-17(12-13-19(18)26-2)27(24,25)22-14-9-7-10-15-22/h12-13,16H,3-11,14-15H2,1-2H3,(H,21,23). The van der Waals surface area contributed by atoms with Crippen LogP contribution in [0, 0.1) is 0 Å². The Hall–Kier alpha value is -1.60. The second kappa shape index (κ2) is 10.7.